The molecular formula is C15H30N2. The molecule has 1 aliphatic heterocycles. The van der Waals surface area contributed by atoms with Gasteiger partial charge in [-0.3, -0.25) is 0 Å². The maximum Gasteiger partial charge on any atom is 0.0192 e. The molecule has 0 radical (unpaired) electrons. The van der Waals surface area contributed by atoms with Crippen molar-refractivity contribution in [3.8, 4) is 0 Å². The van der Waals surface area contributed by atoms with Crippen molar-refractivity contribution in [3.63, 3.8) is 0 Å². The van der Waals surface area contributed by atoms with E-state index in [1.807, 2.05) is 0 Å². The molecule has 3 unspecified atom stereocenters. The van der Waals surface area contributed by atoms with E-state index in [1.54, 1.807) is 0 Å². The Labute approximate surface area is 107 Å². The van der Waals surface area contributed by atoms with E-state index in [2.05, 4.69) is 24.1 Å². The summed E-state index contributed by atoms with van der Waals surface area (Å²) in [6.07, 6.45) is 8.49. The molecule has 17 heavy (non-hydrogen) atoms. The minimum absolute atomic E-state index is 0.733. The first-order valence-electron chi connectivity index (χ1n) is 7.75. The van der Waals surface area contributed by atoms with Gasteiger partial charge in [-0.15, -0.1) is 0 Å². The highest BCUT2D eigenvalue weighted by Gasteiger charge is 2.25. The van der Waals surface area contributed by atoms with Crippen molar-refractivity contribution in [3.05, 3.63) is 0 Å². The molecule has 0 amide bonds. The lowest BCUT2D eigenvalue weighted by Gasteiger charge is -2.34. The lowest BCUT2D eigenvalue weighted by molar-refractivity contribution is 0.157. The Morgan fingerprint density at radius 3 is 2.76 bits per heavy atom. The summed E-state index contributed by atoms with van der Waals surface area (Å²) in [5.41, 5.74) is 0. The fourth-order valence-corrected chi connectivity index (χ4v) is 3.51. The second-order valence-corrected chi connectivity index (χ2v) is 6.19. The Morgan fingerprint density at radius 1 is 1.18 bits per heavy atom. The summed E-state index contributed by atoms with van der Waals surface area (Å²) in [7, 11) is 0. The summed E-state index contributed by atoms with van der Waals surface area (Å²) >= 11 is 0. The quantitative estimate of drug-likeness (QED) is 0.813. The van der Waals surface area contributed by atoms with E-state index in [0.717, 1.165) is 17.9 Å². The van der Waals surface area contributed by atoms with Crippen LogP contribution in [0, 0.1) is 11.8 Å². The van der Waals surface area contributed by atoms with E-state index in [-0.39, 0.29) is 0 Å². The molecule has 3 atom stereocenters. The monoisotopic (exact) mass is 238 g/mol. The van der Waals surface area contributed by atoms with Crippen LogP contribution in [0.3, 0.4) is 0 Å². The van der Waals surface area contributed by atoms with Gasteiger partial charge in [-0.1, -0.05) is 33.1 Å². The van der Waals surface area contributed by atoms with Gasteiger partial charge in [0.05, 0.1) is 0 Å². The molecule has 2 fully saturated rings. The molecule has 0 spiro atoms. The molecule has 1 saturated heterocycles. The molecule has 0 aromatic heterocycles. The molecule has 0 bridgehead atoms. The van der Waals surface area contributed by atoms with Crippen molar-refractivity contribution in [2.75, 3.05) is 26.2 Å². The van der Waals surface area contributed by atoms with Gasteiger partial charge < -0.3 is 10.2 Å². The topological polar surface area (TPSA) is 15.3 Å². The van der Waals surface area contributed by atoms with Crippen LogP contribution in [0.5, 0.6) is 0 Å². The van der Waals surface area contributed by atoms with Crippen LogP contribution in [-0.4, -0.2) is 37.1 Å². The molecule has 0 aromatic carbocycles. The third-order valence-corrected chi connectivity index (χ3v) is 4.84. The fourth-order valence-electron chi connectivity index (χ4n) is 3.51. The molecule has 1 heterocycles. The van der Waals surface area contributed by atoms with E-state index < -0.39 is 0 Å². The first-order chi connectivity index (χ1) is 8.29. The Morgan fingerprint density at radius 2 is 2.00 bits per heavy atom. The molecule has 0 aromatic rings. The van der Waals surface area contributed by atoms with Crippen LogP contribution in [0.25, 0.3) is 0 Å². The first-order valence-corrected chi connectivity index (χ1v) is 7.75. The summed E-state index contributed by atoms with van der Waals surface area (Å²) in [6.45, 7) is 9.95. The Bertz CT molecular complexity index is 217. The van der Waals surface area contributed by atoms with Gasteiger partial charge in [0, 0.05) is 19.1 Å². The second kappa shape index (κ2) is 6.75. The van der Waals surface area contributed by atoms with Crippen molar-refractivity contribution >= 4 is 0 Å². The van der Waals surface area contributed by atoms with Crippen LogP contribution in [0.1, 0.15) is 52.4 Å². The minimum atomic E-state index is 0.733. The molecule has 1 N–H and O–H groups in total. The first kappa shape index (κ1) is 13.4. The highest BCUT2D eigenvalue weighted by atomic mass is 15.2. The zero-order valence-corrected chi connectivity index (χ0v) is 11.8. The molecule has 2 nitrogen and oxygen atoms in total. The van der Waals surface area contributed by atoms with Gasteiger partial charge in [0.15, 0.2) is 0 Å². The van der Waals surface area contributed by atoms with Crippen LogP contribution in [-0.2, 0) is 0 Å². The number of hydrogen-bond donors (Lipinski definition) is 1. The molecule has 2 aliphatic rings. The maximum atomic E-state index is 3.67. The normalized spacial score (nSPS) is 36.7. The van der Waals surface area contributed by atoms with E-state index in [0.29, 0.717) is 0 Å². The average molecular weight is 238 g/mol. The maximum absolute atomic E-state index is 3.67. The molecule has 100 valence electrons. The second-order valence-electron chi connectivity index (χ2n) is 6.19. The number of nitrogens with one attached hydrogen (secondary N) is 1. The molecule has 1 saturated carbocycles. The highest BCUT2D eigenvalue weighted by Crippen LogP contribution is 2.30. The minimum Gasteiger partial charge on any atom is -0.313 e. The van der Waals surface area contributed by atoms with Crippen LogP contribution >= 0.6 is 0 Å². The Balaban J connectivity index is 1.83. The number of nitrogens with zero attached hydrogens (tertiary/aromatic N) is 1. The van der Waals surface area contributed by atoms with E-state index in [9.17, 15) is 0 Å². The number of hydrogen-bond acceptors (Lipinski definition) is 2. The lowest BCUT2D eigenvalue weighted by Crippen LogP contribution is -2.40. The highest BCUT2D eigenvalue weighted by molar-refractivity contribution is 4.80. The van der Waals surface area contributed by atoms with Gasteiger partial charge in [0.1, 0.15) is 0 Å². The largest absolute Gasteiger partial charge is 0.313 e. The van der Waals surface area contributed by atoms with Crippen molar-refractivity contribution in [2.45, 2.75) is 58.4 Å². The summed E-state index contributed by atoms with van der Waals surface area (Å²) < 4.78 is 0. The van der Waals surface area contributed by atoms with Gasteiger partial charge in [0.25, 0.3) is 0 Å². The summed E-state index contributed by atoms with van der Waals surface area (Å²) in [5, 5.41) is 3.67. The van der Waals surface area contributed by atoms with Gasteiger partial charge in [-0.2, -0.15) is 0 Å². The van der Waals surface area contributed by atoms with E-state index in [4.69, 9.17) is 0 Å². The average Bonchev–Trinajstić information content (AvgIpc) is 2.57. The van der Waals surface area contributed by atoms with Crippen LogP contribution in [0.15, 0.2) is 0 Å². The van der Waals surface area contributed by atoms with Crippen molar-refractivity contribution in [2.24, 2.45) is 11.8 Å². The smallest absolute Gasteiger partial charge is 0.0192 e. The summed E-state index contributed by atoms with van der Waals surface area (Å²) in [5.74, 6) is 1.93. The fraction of sp³-hybridized carbons (Fsp3) is 1.00. The van der Waals surface area contributed by atoms with Gasteiger partial charge in [0.2, 0.25) is 0 Å². The van der Waals surface area contributed by atoms with E-state index >= 15 is 0 Å². The van der Waals surface area contributed by atoms with Gasteiger partial charge in [-0.25, -0.2) is 0 Å². The SMILES string of the molecule is CCC1CN(CC2CCCCC2C)CCCN1. The van der Waals surface area contributed by atoms with Crippen molar-refractivity contribution in [1.29, 1.82) is 0 Å². The van der Waals surface area contributed by atoms with Gasteiger partial charge >= 0.3 is 0 Å². The lowest BCUT2D eigenvalue weighted by atomic mass is 9.80. The van der Waals surface area contributed by atoms with Crippen LogP contribution < -0.4 is 5.32 Å². The summed E-state index contributed by atoms with van der Waals surface area (Å²) in [6, 6.07) is 0.733. The van der Waals surface area contributed by atoms with Crippen LogP contribution in [0.4, 0.5) is 0 Å². The predicted octanol–water partition coefficient (Wildman–Crippen LogP) is 2.89. The molecule has 2 rings (SSSR count). The predicted molar refractivity (Wildman–Crippen MR) is 74.3 cm³/mol. The van der Waals surface area contributed by atoms with Crippen molar-refractivity contribution in [1.82, 2.24) is 10.2 Å². The van der Waals surface area contributed by atoms with Gasteiger partial charge in [-0.05, 0) is 44.2 Å². The zero-order valence-electron chi connectivity index (χ0n) is 11.8. The third-order valence-electron chi connectivity index (χ3n) is 4.84. The molecule has 2 heteroatoms. The molecule has 1 aliphatic carbocycles. The van der Waals surface area contributed by atoms with E-state index in [1.165, 1.54) is 64.7 Å². The third kappa shape index (κ3) is 3.96. The molecular weight excluding hydrogens is 208 g/mol. The number of rotatable bonds is 3. The Hall–Kier alpha value is -0.0800. The van der Waals surface area contributed by atoms with Crippen LogP contribution in [0.2, 0.25) is 0 Å². The standard InChI is InChI=1S/C15H30N2/c1-3-15-12-17(10-6-9-16-15)11-14-8-5-4-7-13(14)2/h13-16H,3-12H2,1-2H3. The van der Waals surface area contributed by atoms with Crippen molar-refractivity contribution < 1.29 is 0 Å². The zero-order chi connectivity index (χ0) is 12.1. The summed E-state index contributed by atoms with van der Waals surface area (Å²) in [4.78, 5) is 2.74. The Kier molecular flexibility index (Phi) is 5.30.